The van der Waals surface area contributed by atoms with E-state index in [4.69, 9.17) is 14.0 Å². The lowest BCUT2D eigenvalue weighted by Crippen LogP contribution is -2.65. The number of urea groups is 1. The Morgan fingerprint density at radius 2 is 1.65 bits per heavy atom. The first-order valence-electron chi connectivity index (χ1n) is 18.1. The summed E-state index contributed by atoms with van der Waals surface area (Å²) in [4.78, 5) is 12.6. The molecule has 52 heavy (non-hydrogen) atoms. The molecule has 0 unspecified atom stereocenters. The van der Waals surface area contributed by atoms with Crippen LogP contribution in [0.2, 0.25) is 0 Å². The number of hydrogen-bond donors (Lipinski definition) is 4. The van der Waals surface area contributed by atoms with Crippen LogP contribution in [0.1, 0.15) is 101 Å². The summed E-state index contributed by atoms with van der Waals surface area (Å²) in [6.07, 6.45) is -5.02. The minimum atomic E-state index is -5.93. The number of allylic oxidation sites excluding steroid dienone is 1. The number of carbonyl (C=O) groups excluding carboxylic acids is 1. The largest absolute Gasteiger partial charge is 0.456 e. The number of halogens is 5. The Labute approximate surface area is 299 Å². The van der Waals surface area contributed by atoms with E-state index in [-0.39, 0.29) is 37.6 Å². The van der Waals surface area contributed by atoms with Gasteiger partial charge in [-0.15, -0.1) is 0 Å². The molecule has 2 heterocycles. The molecule has 1 spiro atoms. The number of benzene rings is 1. The fraction of sp³-hybridized carbons (Fsp3) is 0.684. The molecular weight excluding hydrogens is 689 g/mol. The number of fused-ring (bicyclic) bond motifs is 4. The van der Waals surface area contributed by atoms with Crippen molar-refractivity contribution in [3.05, 3.63) is 58.0 Å². The molecule has 2 amide bonds. The Morgan fingerprint density at radius 3 is 2.27 bits per heavy atom. The van der Waals surface area contributed by atoms with E-state index in [1.54, 1.807) is 38.1 Å². The molecule has 286 valence electrons. The Morgan fingerprint density at radius 1 is 0.981 bits per heavy atom. The maximum atomic E-state index is 15.4. The number of aromatic nitrogens is 1. The molecule has 4 aliphatic carbocycles. The van der Waals surface area contributed by atoms with Crippen LogP contribution in [0.15, 0.2) is 39.9 Å². The third-order valence-corrected chi connectivity index (χ3v) is 13.0. The van der Waals surface area contributed by atoms with Gasteiger partial charge in [0.1, 0.15) is 17.0 Å². The van der Waals surface area contributed by atoms with Crippen LogP contribution in [-0.2, 0) is 16.0 Å². The number of ether oxygens (including phenoxy) is 2. The van der Waals surface area contributed by atoms with Crippen molar-refractivity contribution in [3.8, 4) is 0 Å². The predicted molar refractivity (Wildman–Crippen MR) is 179 cm³/mol. The molecule has 3 saturated carbocycles. The van der Waals surface area contributed by atoms with E-state index >= 15 is 8.78 Å². The second-order valence-electron chi connectivity index (χ2n) is 16.9. The maximum Gasteiger partial charge on any atom is 0.456 e. The van der Waals surface area contributed by atoms with Crippen molar-refractivity contribution in [2.24, 2.45) is 22.7 Å². The van der Waals surface area contributed by atoms with Crippen LogP contribution in [0.4, 0.5) is 32.4 Å². The first kappa shape index (κ1) is 37.3. The number of anilines is 1. The van der Waals surface area contributed by atoms with Gasteiger partial charge < -0.3 is 34.8 Å². The molecule has 4 fully saturated rings. The highest BCUT2D eigenvalue weighted by molar-refractivity contribution is 5.90. The van der Waals surface area contributed by atoms with Gasteiger partial charge in [0.05, 0.1) is 18.8 Å². The van der Waals surface area contributed by atoms with E-state index < -0.39 is 64.7 Å². The van der Waals surface area contributed by atoms with Gasteiger partial charge in [0.15, 0.2) is 11.5 Å². The summed E-state index contributed by atoms with van der Waals surface area (Å²) in [5, 5.41) is 33.3. The second-order valence-corrected chi connectivity index (χ2v) is 16.9. The van der Waals surface area contributed by atoms with Gasteiger partial charge in [0.25, 0.3) is 0 Å². The summed E-state index contributed by atoms with van der Waals surface area (Å²) in [6.45, 7) is 9.95. The van der Waals surface area contributed by atoms with Crippen LogP contribution in [0.5, 0.6) is 0 Å². The van der Waals surface area contributed by atoms with Crippen molar-refractivity contribution in [2.45, 2.75) is 128 Å². The molecule has 1 aromatic heterocycles. The quantitative estimate of drug-likeness (QED) is 0.182. The fourth-order valence-corrected chi connectivity index (χ4v) is 10.2. The van der Waals surface area contributed by atoms with Gasteiger partial charge in [0.2, 0.25) is 0 Å². The molecule has 6 atom stereocenters. The van der Waals surface area contributed by atoms with E-state index in [0.717, 1.165) is 16.7 Å². The number of alkyl halides is 5. The lowest BCUT2D eigenvalue weighted by molar-refractivity contribution is -0.362. The lowest BCUT2D eigenvalue weighted by Gasteiger charge is -2.59. The zero-order chi connectivity index (χ0) is 37.7. The molecule has 0 radical (unpaired) electrons. The van der Waals surface area contributed by atoms with Crippen molar-refractivity contribution >= 4 is 11.7 Å². The molecule has 2 aromatic rings. The van der Waals surface area contributed by atoms with Gasteiger partial charge in [-0.1, -0.05) is 55.8 Å². The molecule has 5 aliphatic rings. The van der Waals surface area contributed by atoms with Crippen molar-refractivity contribution in [1.29, 1.82) is 0 Å². The zero-order valence-electron chi connectivity index (χ0n) is 30.2. The summed E-state index contributed by atoms with van der Waals surface area (Å²) < 4.78 is 90.6. The highest BCUT2D eigenvalue weighted by Crippen LogP contribution is 2.71. The molecule has 9 nitrogen and oxygen atoms in total. The van der Waals surface area contributed by atoms with Crippen molar-refractivity contribution in [2.75, 3.05) is 18.5 Å². The van der Waals surface area contributed by atoms with E-state index in [2.05, 4.69) is 15.8 Å². The number of amides is 2. The van der Waals surface area contributed by atoms with Crippen molar-refractivity contribution in [1.82, 2.24) is 10.5 Å². The summed E-state index contributed by atoms with van der Waals surface area (Å²) in [7, 11) is 0. The van der Waals surface area contributed by atoms with Crippen LogP contribution in [0.3, 0.4) is 0 Å². The highest BCUT2D eigenvalue weighted by atomic mass is 19.4. The first-order chi connectivity index (χ1) is 24.1. The Bertz CT molecular complexity index is 1730. The topological polar surface area (TPSA) is 126 Å². The van der Waals surface area contributed by atoms with E-state index in [1.807, 2.05) is 13.8 Å². The highest BCUT2D eigenvalue weighted by Gasteiger charge is 2.79. The summed E-state index contributed by atoms with van der Waals surface area (Å²) >= 11 is 0. The SMILES string of the molecule is Cc1noc(C)c1NC(=O)NCc1ccc([C@H]2C[C@@]3(C)[C@@H](CC[C@@]3(O)C(F)(F)C(F)(F)F)[C@@H]3CC[C@@]4(O)CC5(CCC4=C32)OCC(C)(C)CO5)cc1. The molecule has 1 aromatic carbocycles. The minimum absolute atomic E-state index is 0.0110. The second kappa shape index (κ2) is 12.2. The Balaban J connectivity index is 1.22. The van der Waals surface area contributed by atoms with Crippen LogP contribution >= 0.6 is 0 Å². The number of nitrogens with one attached hydrogen (secondary N) is 2. The van der Waals surface area contributed by atoms with Crippen LogP contribution < -0.4 is 10.6 Å². The zero-order valence-corrected chi connectivity index (χ0v) is 30.2. The normalized spacial score (nSPS) is 34.0. The molecule has 1 aliphatic heterocycles. The number of hydrogen-bond acceptors (Lipinski definition) is 7. The number of aliphatic hydroxyl groups is 2. The van der Waals surface area contributed by atoms with Gasteiger partial charge in [-0.3, -0.25) is 0 Å². The van der Waals surface area contributed by atoms with Crippen LogP contribution in [0.25, 0.3) is 0 Å². The molecular formula is C38H48F5N3O6. The van der Waals surface area contributed by atoms with Gasteiger partial charge in [0, 0.05) is 36.1 Å². The summed E-state index contributed by atoms with van der Waals surface area (Å²) in [5.74, 6) is -7.53. The van der Waals surface area contributed by atoms with Gasteiger partial charge in [-0.2, -0.15) is 22.0 Å². The molecule has 4 N–H and O–H groups in total. The van der Waals surface area contributed by atoms with Gasteiger partial charge in [-0.05, 0) is 80.9 Å². The summed E-state index contributed by atoms with van der Waals surface area (Å²) in [5.41, 5.74) is -2.51. The average Bonchev–Trinajstić information content (AvgIpc) is 3.54. The monoisotopic (exact) mass is 737 g/mol. The summed E-state index contributed by atoms with van der Waals surface area (Å²) in [6, 6.07) is 6.68. The minimum Gasteiger partial charge on any atom is -0.385 e. The molecule has 0 bridgehead atoms. The van der Waals surface area contributed by atoms with Gasteiger partial charge in [-0.25, -0.2) is 4.79 Å². The molecule has 7 rings (SSSR count). The smallest absolute Gasteiger partial charge is 0.385 e. The Hall–Kier alpha value is -3.07. The maximum absolute atomic E-state index is 15.4. The Kier molecular flexibility index (Phi) is 8.76. The fourth-order valence-electron chi connectivity index (χ4n) is 10.2. The van der Waals surface area contributed by atoms with E-state index in [1.165, 1.54) is 6.92 Å². The van der Waals surface area contributed by atoms with Crippen molar-refractivity contribution < 1.29 is 51.0 Å². The van der Waals surface area contributed by atoms with E-state index in [0.29, 0.717) is 55.2 Å². The number of carbonyl (C=O) groups is 1. The molecule has 1 saturated heterocycles. The third kappa shape index (κ3) is 5.78. The van der Waals surface area contributed by atoms with Crippen molar-refractivity contribution in [3.63, 3.8) is 0 Å². The molecule has 14 heteroatoms. The lowest BCUT2D eigenvalue weighted by atomic mass is 9.49. The number of nitrogens with zero attached hydrogens (tertiary/aromatic N) is 1. The number of rotatable bonds is 5. The first-order valence-corrected chi connectivity index (χ1v) is 18.1. The van der Waals surface area contributed by atoms with E-state index in [9.17, 15) is 28.2 Å². The average molecular weight is 738 g/mol. The van der Waals surface area contributed by atoms with Crippen LogP contribution in [-0.4, -0.2) is 63.7 Å². The number of aryl methyl sites for hydroxylation is 2. The third-order valence-electron chi connectivity index (χ3n) is 13.0. The predicted octanol–water partition coefficient (Wildman–Crippen LogP) is 7.84. The van der Waals surface area contributed by atoms with Crippen LogP contribution in [0, 0.1) is 36.5 Å². The van der Waals surface area contributed by atoms with Gasteiger partial charge >= 0.3 is 18.1 Å². The standard InChI is InChI=1S/C38H48F5N3O6/c1-21-30(22(2)52-46-21)45-31(47)44-17-23-6-8-24(9-7-23)26-16-33(5)27(12-15-36(33,49)37(39,40)38(41,42)43)25-10-13-34(48)18-35(14-11-28(34)29(25)26)50-19-32(3,4)20-51-35/h6-9,25-27,48-49H,10-20H2,1-5H3,(H2,44,45,47)/t25-,26+,27-,33-,34+,36-/m0/s1.